The van der Waals surface area contributed by atoms with Gasteiger partial charge in [0.1, 0.15) is 11.4 Å². The summed E-state index contributed by atoms with van der Waals surface area (Å²) in [5.41, 5.74) is 4.75. The summed E-state index contributed by atoms with van der Waals surface area (Å²) in [5, 5.41) is 1.40. The number of amides is 3. The smallest absolute Gasteiger partial charge is 0.321 e. The maximum Gasteiger partial charge on any atom is 0.321 e. The van der Waals surface area contributed by atoms with Crippen molar-refractivity contribution >= 4 is 67.1 Å². The molecule has 1 rings (SSSR count). The lowest BCUT2D eigenvalue weighted by Gasteiger charge is -2.13. The van der Waals surface area contributed by atoms with Crippen molar-refractivity contribution in [3.8, 4) is 0 Å². The third-order valence-corrected chi connectivity index (χ3v) is 5.34. The molecule has 0 radical (unpaired) electrons. The van der Waals surface area contributed by atoms with Gasteiger partial charge in [-0.3, -0.25) is 14.9 Å². The number of rotatable bonds is 6. The number of carbonyl (C=O) groups excluding carboxylic acids is 3. The number of nitrogens with two attached hydrogens (primary N) is 1. The molecular weight excluding hydrogens is 465 g/mol. The molecule has 9 nitrogen and oxygen atoms in total. The molecule has 0 saturated carbocycles. The average Bonchev–Trinajstić information content (AvgIpc) is 2.43. The van der Waals surface area contributed by atoms with Crippen LogP contribution in [0.3, 0.4) is 0 Å². The number of primary amides is 1. The Balaban J connectivity index is 2.75. The van der Waals surface area contributed by atoms with Gasteiger partial charge in [0.2, 0.25) is 10.0 Å². The largest absolute Gasteiger partial charge is 0.452 e. The summed E-state index contributed by atoms with van der Waals surface area (Å²) in [7, 11) is -4.22. The zero-order chi connectivity index (χ0) is 19.4. The second-order valence-electron chi connectivity index (χ2n) is 4.51. The number of urea groups is 1. The number of esters is 1. The van der Waals surface area contributed by atoms with Crippen LogP contribution in [0.2, 0.25) is 10.0 Å². The second-order valence-corrected chi connectivity index (χ2v) is 7.94. The van der Waals surface area contributed by atoms with Crippen molar-refractivity contribution < 1.29 is 27.5 Å². The van der Waals surface area contributed by atoms with E-state index in [1.807, 2.05) is 4.72 Å². The molecule has 0 aliphatic rings. The Kier molecular flexibility index (Phi) is 7.62. The monoisotopic (exact) mass is 475 g/mol. The summed E-state index contributed by atoms with van der Waals surface area (Å²) in [4.78, 5) is 33.1. The second kappa shape index (κ2) is 8.81. The number of hydrogen-bond donors (Lipinski definition) is 3. The van der Waals surface area contributed by atoms with Crippen LogP contribution in [0.1, 0.15) is 6.92 Å². The van der Waals surface area contributed by atoms with Gasteiger partial charge in [-0.1, -0.05) is 39.1 Å². The van der Waals surface area contributed by atoms with Gasteiger partial charge < -0.3 is 10.5 Å². The number of benzene rings is 1. The van der Waals surface area contributed by atoms with Crippen LogP contribution < -0.4 is 15.8 Å². The predicted octanol–water partition coefficient (Wildman–Crippen LogP) is 1.16. The minimum absolute atomic E-state index is 0.158. The van der Waals surface area contributed by atoms with Crippen molar-refractivity contribution in [2.75, 3.05) is 6.54 Å². The molecule has 138 valence electrons. The fourth-order valence-electron chi connectivity index (χ4n) is 1.53. The molecule has 1 unspecified atom stereocenters. The van der Waals surface area contributed by atoms with Gasteiger partial charge in [-0.25, -0.2) is 13.2 Å². The van der Waals surface area contributed by atoms with Crippen molar-refractivity contribution in [2.45, 2.75) is 17.9 Å². The van der Waals surface area contributed by atoms with E-state index in [1.165, 1.54) is 19.1 Å². The molecule has 0 bridgehead atoms. The van der Waals surface area contributed by atoms with Gasteiger partial charge >= 0.3 is 12.0 Å². The Morgan fingerprint density at radius 1 is 1.28 bits per heavy atom. The molecule has 0 aliphatic carbocycles. The standard InChI is InChI=1S/C12H12BrCl2N3O6S/c1-5(11(20)18-12(16)21)24-9(19)4-17-25(22,23)10-7(14)2-6(13)3-8(10)15/h2-3,5,17H,4H2,1H3,(H3,16,18,20,21). The highest BCUT2D eigenvalue weighted by atomic mass is 79.9. The third-order valence-electron chi connectivity index (χ3n) is 2.56. The topological polar surface area (TPSA) is 145 Å². The van der Waals surface area contributed by atoms with Gasteiger partial charge in [0.25, 0.3) is 5.91 Å². The van der Waals surface area contributed by atoms with Crippen LogP contribution in [0.15, 0.2) is 21.5 Å². The molecule has 0 spiro atoms. The Morgan fingerprint density at radius 3 is 2.28 bits per heavy atom. The van der Waals surface area contributed by atoms with E-state index >= 15 is 0 Å². The van der Waals surface area contributed by atoms with Crippen LogP contribution in [0.5, 0.6) is 0 Å². The summed E-state index contributed by atoms with van der Waals surface area (Å²) < 4.78 is 31.5. The zero-order valence-corrected chi connectivity index (χ0v) is 16.4. The van der Waals surface area contributed by atoms with E-state index < -0.39 is 45.5 Å². The van der Waals surface area contributed by atoms with E-state index in [-0.39, 0.29) is 10.0 Å². The van der Waals surface area contributed by atoms with E-state index in [4.69, 9.17) is 28.9 Å². The Bertz CT molecular complexity index is 794. The highest BCUT2D eigenvalue weighted by molar-refractivity contribution is 9.10. The number of hydrogen-bond acceptors (Lipinski definition) is 6. The Hall–Kier alpha value is -1.40. The molecule has 0 aliphatic heterocycles. The number of imide groups is 1. The maximum atomic E-state index is 12.2. The molecule has 0 heterocycles. The van der Waals surface area contributed by atoms with Crippen LogP contribution in [0, 0.1) is 0 Å². The van der Waals surface area contributed by atoms with Gasteiger partial charge in [-0.05, 0) is 19.1 Å². The first kappa shape index (κ1) is 21.6. The van der Waals surface area contributed by atoms with Crippen molar-refractivity contribution in [1.29, 1.82) is 0 Å². The first-order valence-electron chi connectivity index (χ1n) is 6.38. The minimum atomic E-state index is -4.22. The van der Waals surface area contributed by atoms with Crippen molar-refractivity contribution in [3.63, 3.8) is 0 Å². The van der Waals surface area contributed by atoms with E-state index in [0.717, 1.165) is 0 Å². The first-order valence-corrected chi connectivity index (χ1v) is 9.41. The molecule has 1 atom stereocenters. The van der Waals surface area contributed by atoms with Crippen LogP contribution >= 0.6 is 39.1 Å². The molecule has 25 heavy (non-hydrogen) atoms. The highest BCUT2D eigenvalue weighted by Gasteiger charge is 2.25. The molecular formula is C12H12BrCl2N3O6S. The van der Waals surface area contributed by atoms with Crippen molar-refractivity contribution in [3.05, 3.63) is 26.7 Å². The number of ether oxygens (including phenoxy) is 1. The van der Waals surface area contributed by atoms with Gasteiger partial charge in [0.05, 0.1) is 10.0 Å². The minimum Gasteiger partial charge on any atom is -0.452 e. The number of nitrogens with one attached hydrogen (secondary N) is 2. The number of sulfonamides is 1. The predicted molar refractivity (Wildman–Crippen MR) is 92.6 cm³/mol. The lowest BCUT2D eigenvalue weighted by Crippen LogP contribution is -2.43. The lowest BCUT2D eigenvalue weighted by molar-refractivity contribution is -0.153. The van der Waals surface area contributed by atoms with Gasteiger partial charge in [0, 0.05) is 4.47 Å². The molecule has 1 aromatic rings. The van der Waals surface area contributed by atoms with E-state index in [1.54, 1.807) is 5.32 Å². The summed E-state index contributed by atoms with van der Waals surface area (Å²) in [6, 6.07) is 1.51. The van der Waals surface area contributed by atoms with Crippen LogP contribution in [0.25, 0.3) is 0 Å². The zero-order valence-electron chi connectivity index (χ0n) is 12.5. The molecule has 0 fully saturated rings. The van der Waals surface area contributed by atoms with E-state index in [9.17, 15) is 22.8 Å². The fourth-order valence-corrected chi connectivity index (χ4v) is 4.43. The van der Waals surface area contributed by atoms with Crippen molar-refractivity contribution in [2.24, 2.45) is 5.73 Å². The van der Waals surface area contributed by atoms with Gasteiger partial charge in [-0.2, -0.15) is 4.72 Å². The van der Waals surface area contributed by atoms with Gasteiger partial charge in [-0.15, -0.1) is 0 Å². The average molecular weight is 477 g/mol. The third kappa shape index (κ3) is 6.44. The fraction of sp³-hybridized carbons (Fsp3) is 0.250. The molecule has 0 saturated heterocycles. The number of carbonyl (C=O) groups is 3. The van der Waals surface area contributed by atoms with E-state index in [0.29, 0.717) is 4.47 Å². The molecule has 13 heteroatoms. The van der Waals surface area contributed by atoms with Crippen LogP contribution in [-0.4, -0.2) is 39.0 Å². The Labute approximate surface area is 161 Å². The quantitative estimate of drug-likeness (QED) is 0.525. The summed E-state index contributed by atoms with van der Waals surface area (Å²) in [5.74, 6) is -2.03. The SMILES string of the molecule is CC(OC(=O)CNS(=O)(=O)c1c(Cl)cc(Br)cc1Cl)C(=O)NC(N)=O. The van der Waals surface area contributed by atoms with Crippen LogP contribution in [0.4, 0.5) is 4.79 Å². The Morgan fingerprint density at radius 2 is 1.80 bits per heavy atom. The normalized spacial score (nSPS) is 12.3. The van der Waals surface area contributed by atoms with Gasteiger partial charge in [0.15, 0.2) is 6.10 Å². The lowest BCUT2D eigenvalue weighted by atomic mass is 10.4. The summed E-state index contributed by atoms with van der Waals surface area (Å²) >= 11 is 14.8. The molecule has 1 aromatic carbocycles. The maximum absolute atomic E-state index is 12.2. The first-order chi connectivity index (χ1) is 11.4. The summed E-state index contributed by atoms with van der Waals surface area (Å²) in [6.45, 7) is 0.381. The highest BCUT2D eigenvalue weighted by Crippen LogP contribution is 2.32. The molecule has 4 N–H and O–H groups in total. The van der Waals surface area contributed by atoms with Crippen molar-refractivity contribution in [1.82, 2.24) is 10.0 Å². The van der Waals surface area contributed by atoms with E-state index in [2.05, 4.69) is 20.7 Å². The number of halogens is 3. The van der Waals surface area contributed by atoms with Crippen LogP contribution in [-0.2, 0) is 24.3 Å². The molecule has 0 aromatic heterocycles. The molecule has 3 amide bonds. The summed E-state index contributed by atoms with van der Waals surface area (Å²) in [6.07, 6.45) is -1.36.